The maximum Gasteiger partial charge on any atom is 0.0991 e. The van der Waals surface area contributed by atoms with E-state index < -0.39 is 0 Å². The second kappa shape index (κ2) is 8.65. The van der Waals surface area contributed by atoms with E-state index >= 15 is 0 Å². The molecule has 1 aromatic heterocycles. The molecule has 0 spiro atoms. The van der Waals surface area contributed by atoms with E-state index in [4.69, 9.17) is 5.26 Å². The highest BCUT2D eigenvalue weighted by Gasteiger charge is 2.48. The van der Waals surface area contributed by atoms with Gasteiger partial charge in [-0.25, -0.2) is 0 Å². The van der Waals surface area contributed by atoms with Crippen molar-refractivity contribution in [1.82, 2.24) is 9.88 Å². The summed E-state index contributed by atoms with van der Waals surface area (Å²) in [4.78, 5) is 7.09. The Kier molecular flexibility index (Phi) is 6.41. The molecule has 1 aromatic carbocycles. The van der Waals surface area contributed by atoms with Gasteiger partial charge in [-0.1, -0.05) is 32.0 Å². The van der Waals surface area contributed by atoms with Gasteiger partial charge in [-0.2, -0.15) is 5.26 Å². The number of benzene rings is 1. The fourth-order valence-electron chi connectivity index (χ4n) is 4.70. The minimum absolute atomic E-state index is 0.131. The van der Waals surface area contributed by atoms with E-state index in [0.717, 1.165) is 38.0 Å². The standard InChI is InChI=1S/C25H33N3O/c1-19(2)23(29)25(13-12-20-8-10-21(17-26)11-9-20)14-16-28(18-25)24(3,4)22-7-5-6-15-27-22/h5-11,15,19,23,29H,12-14,16,18H2,1-4H3/t23?,25-/m1/s1. The Bertz CT molecular complexity index is 839. The predicted octanol–water partition coefficient (Wildman–Crippen LogP) is 4.53. The van der Waals surface area contributed by atoms with Crippen LogP contribution >= 0.6 is 0 Å². The van der Waals surface area contributed by atoms with Gasteiger partial charge in [0.2, 0.25) is 0 Å². The van der Waals surface area contributed by atoms with Crippen molar-refractivity contribution in [3.8, 4) is 6.07 Å². The molecule has 154 valence electrons. The summed E-state index contributed by atoms with van der Waals surface area (Å²) < 4.78 is 0. The number of aromatic nitrogens is 1. The molecule has 29 heavy (non-hydrogen) atoms. The molecule has 2 heterocycles. The number of aryl methyl sites for hydroxylation is 1. The molecule has 0 aliphatic carbocycles. The first-order chi connectivity index (χ1) is 13.8. The first-order valence-corrected chi connectivity index (χ1v) is 10.6. The van der Waals surface area contributed by atoms with Gasteiger partial charge in [-0.3, -0.25) is 9.88 Å². The Morgan fingerprint density at radius 3 is 2.52 bits per heavy atom. The lowest BCUT2D eigenvalue weighted by molar-refractivity contribution is -0.0164. The minimum Gasteiger partial charge on any atom is -0.392 e. The molecule has 0 amide bonds. The molecule has 1 aliphatic rings. The number of nitrogens with zero attached hydrogens (tertiary/aromatic N) is 3. The smallest absolute Gasteiger partial charge is 0.0991 e. The topological polar surface area (TPSA) is 60.1 Å². The molecule has 4 nitrogen and oxygen atoms in total. The minimum atomic E-state index is -0.342. The van der Waals surface area contributed by atoms with E-state index in [1.807, 2.05) is 42.6 Å². The van der Waals surface area contributed by atoms with Crippen LogP contribution in [-0.4, -0.2) is 34.2 Å². The first kappa shape index (κ1) is 21.5. The Morgan fingerprint density at radius 2 is 1.93 bits per heavy atom. The maximum atomic E-state index is 11.2. The molecule has 1 unspecified atom stereocenters. The summed E-state index contributed by atoms with van der Waals surface area (Å²) in [5.74, 6) is 0.217. The summed E-state index contributed by atoms with van der Waals surface area (Å²) in [6.45, 7) is 10.5. The monoisotopic (exact) mass is 391 g/mol. The van der Waals surface area contributed by atoms with Crippen molar-refractivity contribution in [2.24, 2.45) is 11.3 Å². The number of aliphatic hydroxyl groups is 1. The third-order valence-electron chi connectivity index (χ3n) is 6.72. The summed E-state index contributed by atoms with van der Waals surface area (Å²) >= 11 is 0. The van der Waals surface area contributed by atoms with Gasteiger partial charge in [0.15, 0.2) is 0 Å². The van der Waals surface area contributed by atoms with E-state index in [0.29, 0.717) is 5.56 Å². The van der Waals surface area contributed by atoms with Crippen LogP contribution < -0.4 is 0 Å². The Morgan fingerprint density at radius 1 is 1.21 bits per heavy atom. The fraction of sp³-hybridized carbons (Fsp3) is 0.520. The summed E-state index contributed by atoms with van der Waals surface area (Å²) in [6, 6.07) is 16.1. The van der Waals surface area contributed by atoms with Gasteiger partial charge in [0.1, 0.15) is 0 Å². The van der Waals surface area contributed by atoms with E-state index in [9.17, 15) is 5.11 Å². The van der Waals surface area contributed by atoms with Crippen molar-refractivity contribution < 1.29 is 5.11 Å². The Hall–Kier alpha value is -2.22. The van der Waals surface area contributed by atoms with Crippen LogP contribution in [-0.2, 0) is 12.0 Å². The zero-order chi connectivity index (χ0) is 21.1. The summed E-state index contributed by atoms with van der Waals surface area (Å²) in [7, 11) is 0. The zero-order valence-corrected chi connectivity index (χ0v) is 18.1. The molecule has 1 aliphatic heterocycles. The zero-order valence-electron chi connectivity index (χ0n) is 18.1. The van der Waals surface area contributed by atoms with Crippen molar-refractivity contribution >= 4 is 0 Å². The summed E-state index contributed by atoms with van der Waals surface area (Å²) in [5, 5.41) is 20.2. The third kappa shape index (κ3) is 4.52. The average Bonchev–Trinajstić information content (AvgIpc) is 3.19. The van der Waals surface area contributed by atoms with Crippen LogP contribution in [0.5, 0.6) is 0 Å². The first-order valence-electron chi connectivity index (χ1n) is 10.6. The molecular weight excluding hydrogens is 358 g/mol. The highest BCUT2D eigenvalue weighted by atomic mass is 16.3. The van der Waals surface area contributed by atoms with Crippen molar-refractivity contribution in [2.75, 3.05) is 13.1 Å². The molecule has 2 aromatic rings. The molecule has 1 fully saturated rings. The number of pyridine rings is 1. The van der Waals surface area contributed by atoms with Gasteiger partial charge >= 0.3 is 0 Å². The molecule has 2 atom stereocenters. The fourth-order valence-corrected chi connectivity index (χ4v) is 4.70. The lowest BCUT2D eigenvalue weighted by Crippen LogP contribution is -2.46. The second-order valence-electron chi connectivity index (χ2n) is 9.31. The van der Waals surface area contributed by atoms with Crippen molar-refractivity contribution in [3.05, 3.63) is 65.5 Å². The van der Waals surface area contributed by atoms with Crippen LogP contribution in [0.25, 0.3) is 0 Å². The van der Waals surface area contributed by atoms with Gasteiger partial charge in [-0.15, -0.1) is 0 Å². The van der Waals surface area contributed by atoms with Crippen LogP contribution in [0.3, 0.4) is 0 Å². The van der Waals surface area contributed by atoms with Crippen LogP contribution in [0.2, 0.25) is 0 Å². The van der Waals surface area contributed by atoms with Gasteiger partial charge < -0.3 is 5.11 Å². The lowest BCUT2D eigenvalue weighted by Gasteiger charge is -2.40. The number of hydrogen-bond acceptors (Lipinski definition) is 4. The van der Waals surface area contributed by atoms with Crippen molar-refractivity contribution in [2.45, 2.75) is 58.6 Å². The maximum absolute atomic E-state index is 11.2. The van der Waals surface area contributed by atoms with Gasteiger partial charge in [0.25, 0.3) is 0 Å². The molecule has 0 radical (unpaired) electrons. The lowest BCUT2D eigenvalue weighted by atomic mass is 9.72. The highest BCUT2D eigenvalue weighted by Crippen LogP contribution is 2.45. The largest absolute Gasteiger partial charge is 0.392 e. The second-order valence-corrected chi connectivity index (χ2v) is 9.31. The molecule has 1 saturated heterocycles. The number of rotatable bonds is 7. The van der Waals surface area contributed by atoms with Gasteiger partial charge in [0.05, 0.1) is 29.0 Å². The van der Waals surface area contributed by atoms with Crippen LogP contribution in [0, 0.1) is 22.7 Å². The molecule has 3 rings (SSSR count). The molecular formula is C25H33N3O. The van der Waals surface area contributed by atoms with Crippen molar-refractivity contribution in [3.63, 3.8) is 0 Å². The molecule has 4 heteroatoms. The van der Waals surface area contributed by atoms with E-state index in [1.165, 1.54) is 5.56 Å². The van der Waals surface area contributed by atoms with E-state index in [-0.39, 0.29) is 23.0 Å². The highest BCUT2D eigenvalue weighted by molar-refractivity contribution is 5.31. The van der Waals surface area contributed by atoms with Gasteiger partial charge in [-0.05, 0) is 75.4 Å². The molecule has 1 N–H and O–H groups in total. The van der Waals surface area contributed by atoms with Crippen LogP contribution in [0.15, 0.2) is 48.7 Å². The SMILES string of the molecule is CC(C)C(O)[C@]1(CCc2ccc(C#N)cc2)CCN(C(C)(C)c2ccccn2)C1. The van der Waals surface area contributed by atoms with E-state index in [1.54, 1.807) is 0 Å². The van der Waals surface area contributed by atoms with Crippen LogP contribution in [0.4, 0.5) is 0 Å². The summed E-state index contributed by atoms with van der Waals surface area (Å²) in [5.41, 5.74) is 2.68. The quantitative estimate of drug-likeness (QED) is 0.753. The normalized spacial score (nSPS) is 21.3. The number of aliphatic hydroxyl groups excluding tert-OH is 1. The Balaban J connectivity index is 1.80. The Labute approximate surface area is 175 Å². The predicted molar refractivity (Wildman–Crippen MR) is 116 cm³/mol. The number of hydrogen-bond donors (Lipinski definition) is 1. The third-order valence-corrected chi connectivity index (χ3v) is 6.72. The summed E-state index contributed by atoms with van der Waals surface area (Å²) in [6.07, 6.45) is 4.35. The van der Waals surface area contributed by atoms with Crippen LogP contribution in [0.1, 0.15) is 57.4 Å². The average molecular weight is 392 g/mol. The molecule has 0 saturated carbocycles. The van der Waals surface area contributed by atoms with Gasteiger partial charge in [0, 0.05) is 18.2 Å². The number of nitriles is 1. The number of likely N-dealkylation sites (tertiary alicyclic amines) is 1. The van der Waals surface area contributed by atoms with Crippen molar-refractivity contribution in [1.29, 1.82) is 5.26 Å². The molecule has 0 bridgehead atoms. The van der Waals surface area contributed by atoms with E-state index in [2.05, 4.69) is 49.7 Å².